The van der Waals surface area contributed by atoms with Crippen LogP contribution >= 0.6 is 0 Å². The summed E-state index contributed by atoms with van der Waals surface area (Å²) in [6, 6.07) is 2.24. The van der Waals surface area contributed by atoms with E-state index in [1.54, 1.807) is 0 Å². The van der Waals surface area contributed by atoms with E-state index >= 15 is 0 Å². The average Bonchev–Trinajstić information content (AvgIpc) is 2.17. The van der Waals surface area contributed by atoms with Crippen molar-refractivity contribution in [3.63, 3.8) is 0 Å². The molecule has 0 radical (unpaired) electrons. The lowest BCUT2D eigenvalue weighted by Crippen LogP contribution is -2.28. The van der Waals surface area contributed by atoms with Gasteiger partial charge in [0.25, 0.3) is 0 Å². The molecule has 0 bridgehead atoms. The highest BCUT2D eigenvalue weighted by Gasteiger charge is 2.25. The van der Waals surface area contributed by atoms with Gasteiger partial charge in [-0.05, 0) is 6.07 Å². The van der Waals surface area contributed by atoms with E-state index in [2.05, 4.69) is 19.2 Å². The summed E-state index contributed by atoms with van der Waals surface area (Å²) in [7, 11) is -1.71. The number of aromatic nitrogens is 1. The maximum Gasteiger partial charge on any atom is 0.771 e. The van der Waals surface area contributed by atoms with Crippen molar-refractivity contribution in [2.24, 2.45) is 0 Å². The Hall–Kier alpha value is -1.22. The van der Waals surface area contributed by atoms with Crippen molar-refractivity contribution in [3.8, 4) is 5.88 Å². The first-order chi connectivity index (χ1) is 6.26. The Morgan fingerprint density at radius 3 is 2.46 bits per heavy atom. The van der Waals surface area contributed by atoms with Crippen LogP contribution in [0.5, 0.6) is 5.88 Å². The first-order valence-corrected chi connectivity index (χ1v) is 3.15. The number of rotatable bonds is 4. The zero-order chi connectivity index (χ0) is 9.68. The smallest absolute Gasteiger partial charge is 0.495 e. The van der Waals surface area contributed by atoms with Gasteiger partial charge >= 0.3 is 7.32 Å². The molecule has 0 saturated carbocycles. The molecular weight excluding hydrogens is 184 g/mol. The Labute approximate surface area is 72.5 Å². The maximum absolute atomic E-state index is 12.3. The molecule has 8 heteroatoms. The van der Waals surface area contributed by atoms with Crippen LogP contribution in [0, 0.1) is 5.82 Å². The van der Waals surface area contributed by atoms with Crippen LogP contribution in [0.1, 0.15) is 0 Å². The zero-order valence-corrected chi connectivity index (χ0v) is 6.25. The Balaban J connectivity index is 2.58. The molecule has 0 atom stereocenters. The molecule has 0 spiro atoms. The van der Waals surface area contributed by atoms with E-state index in [1.165, 1.54) is 6.07 Å². The molecule has 1 aromatic rings. The van der Waals surface area contributed by atoms with Gasteiger partial charge in [-0.1, -0.05) is 0 Å². The molecule has 0 aliphatic rings. The van der Waals surface area contributed by atoms with Crippen molar-refractivity contribution in [2.45, 2.75) is 0 Å². The summed E-state index contributed by atoms with van der Waals surface area (Å²) in [6.45, 7) is 0. The number of hydrogen-bond donors (Lipinski definition) is 2. The average molecular weight is 189 g/mol. The van der Waals surface area contributed by atoms with E-state index in [1.807, 2.05) is 0 Å². The summed E-state index contributed by atoms with van der Waals surface area (Å²) in [5.41, 5.74) is 0. The Morgan fingerprint density at radius 2 is 2.00 bits per heavy atom. The van der Waals surface area contributed by atoms with E-state index in [-0.39, 0.29) is 5.88 Å². The third-order valence-corrected chi connectivity index (χ3v) is 1.09. The molecule has 6 nitrogen and oxygen atoms in total. The second kappa shape index (κ2) is 4.72. The molecule has 1 aromatic heterocycles. The lowest BCUT2D eigenvalue weighted by molar-refractivity contribution is -0.242. The lowest BCUT2D eigenvalue weighted by atomic mass is 10.2. The van der Waals surface area contributed by atoms with Crippen LogP contribution in [0.15, 0.2) is 18.3 Å². The van der Waals surface area contributed by atoms with Gasteiger partial charge in [0, 0.05) is 6.07 Å². The van der Waals surface area contributed by atoms with Crippen LogP contribution in [0.4, 0.5) is 4.39 Å². The van der Waals surface area contributed by atoms with E-state index in [9.17, 15) is 4.39 Å². The Bertz CT molecular complexity index is 254. The molecule has 0 aromatic carbocycles. The molecule has 1 heterocycles. The quantitative estimate of drug-likeness (QED) is 0.409. The predicted molar refractivity (Wildman–Crippen MR) is 38.0 cm³/mol. The minimum atomic E-state index is -1.71. The summed E-state index contributed by atoms with van der Waals surface area (Å²) < 4.78 is 16.9. The van der Waals surface area contributed by atoms with E-state index in [4.69, 9.17) is 10.5 Å². The summed E-state index contributed by atoms with van der Waals surface area (Å²) >= 11 is 0. The first-order valence-electron chi connectivity index (χ1n) is 3.15. The fourth-order valence-electron chi connectivity index (χ4n) is 0.593. The normalized spacial score (nSPS) is 9.77. The molecule has 0 fully saturated rings. The second-order valence-corrected chi connectivity index (χ2v) is 1.93. The van der Waals surface area contributed by atoms with Gasteiger partial charge in [-0.2, -0.15) is 0 Å². The van der Waals surface area contributed by atoms with Gasteiger partial charge in [0.2, 0.25) is 0 Å². The summed E-state index contributed by atoms with van der Waals surface area (Å²) in [5, 5.41) is 16.1. The fourth-order valence-corrected chi connectivity index (χ4v) is 0.593. The minimum Gasteiger partial charge on any atom is -0.495 e. The van der Waals surface area contributed by atoms with Gasteiger partial charge in [0.1, 0.15) is 5.82 Å². The van der Waals surface area contributed by atoms with Crippen LogP contribution in [0.25, 0.3) is 0 Å². The summed E-state index contributed by atoms with van der Waals surface area (Å²) in [4.78, 5) is 10.4. The molecule has 0 saturated heterocycles. The summed E-state index contributed by atoms with van der Waals surface area (Å²) in [5.74, 6) is -0.617. The third-order valence-electron chi connectivity index (χ3n) is 1.09. The monoisotopic (exact) mass is 189 g/mol. The number of halogens is 1. The van der Waals surface area contributed by atoms with Crippen LogP contribution < -0.4 is 4.65 Å². The molecule has 13 heavy (non-hydrogen) atoms. The third kappa shape index (κ3) is 2.95. The molecule has 0 aliphatic heterocycles. The Kier molecular flexibility index (Phi) is 3.59. The van der Waals surface area contributed by atoms with Gasteiger partial charge in [-0.15, -0.1) is 0 Å². The molecule has 0 unspecified atom stereocenters. The first kappa shape index (κ1) is 9.87. The molecule has 70 valence electrons. The van der Waals surface area contributed by atoms with Crippen molar-refractivity contribution < 1.29 is 29.2 Å². The zero-order valence-electron chi connectivity index (χ0n) is 6.25. The second-order valence-electron chi connectivity index (χ2n) is 1.93. The standard InChI is InChI=1S/C5H5BFNO5/c7-4-1-2-5(8-3-4)11-6(12-9)13-10/h1-3,9-10H. The molecule has 2 N–H and O–H groups in total. The van der Waals surface area contributed by atoms with Gasteiger partial charge in [0.05, 0.1) is 6.20 Å². The number of pyridine rings is 1. The summed E-state index contributed by atoms with van der Waals surface area (Å²) in [6.07, 6.45) is 0.890. The van der Waals surface area contributed by atoms with Gasteiger partial charge in [-0.25, -0.2) is 19.0 Å². The predicted octanol–water partition coefficient (Wildman–Crippen LogP) is 0.564. The maximum atomic E-state index is 12.3. The van der Waals surface area contributed by atoms with E-state index in [0.717, 1.165) is 12.3 Å². The van der Waals surface area contributed by atoms with E-state index in [0.29, 0.717) is 0 Å². The largest absolute Gasteiger partial charge is 0.771 e. The minimum absolute atomic E-state index is 0.0745. The fraction of sp³-hybridized carbons (Fsp3) is 0. The molecule has 0 aliphatic carbocycles. The van der Waals surface area contributed by atoms with Gasteiger partial charge in [-0.3, -0.25) is 10.5 Å². The van der Waals surface area contributed by atoms with Crippen LogP contribution in [0.2, 0.25) is 0 Å². The SMILES string of the molecule is OOB(OO)Oc1ccc(F)cn1. The molecule has 1 rings (SSSR count). The highest BCUT2D eigenvalue weighted by atomic mass is 19.1. The van der Waals surface area contributed by atoms with Crippen LogP contribution in [-0.2, 0) is 9.61 Å². The van der Waals surface area contributed by atoms with E-state index < -0.39 is 13.1 Å². The molecular formula is C5H5BFNO5. The highest BCUT2D eigenvalue weighted by Crippen LogP contribution is 2.07. The van der Waals surface area contributed by atoms with Crippen molar-refractivity contribution in [1.29, 1.82) is 0 Å². The van der Waals surface area contributed by atoms with Gasteiger partial charge < -0.3 is 4.65 Å². The highest BCUT2D eigenvalue weighted by molar-refractivity contribution is 6.36. The Morgan fingerprint density at radius 1 is 1.31 bits per heavy atom. The molecule has 0 amide bonds. The topological polar surface area (TPSA) is 81.0 Å². The van der Waals surface area contributed by atoms with Crippen LogP contribution in [0.3, 0.4) is 0 Å². The van der Waals surface area contributed by atoms with Crippen molar-refractivity contribution in [3.05, 3.63) is 24.1 Å². The van der Waals surface area contributed by atoms with Crippen molar-refractivity contribution in [1.82, 2.24) is 4.98 Å². The van der Waals surface area contributed by atoms with Crippen molar-refractivity contribution >= 4 is 7.32 Å². The van der Waals surface area contributed by atoms with Crippen molar-refractivity contribution in [2.75, 3.05) is 0 Å². The van der Waals surface area contributed by atoms with Gasteiger partial charge in [0.15, 0.2) is 5.88 Å². The number of nitrogens with zero attached hydrogens (tertiary/aromatic N) is 1. The lowest BCUT2D eigenvalue weighted by Gasteiger charge is -2.05. The number of hydrogen-bond acceptors (Lipinski definition) is 6. The van der Waals surface area contributed by atoms with Crippen LogP contribution in [-0.4, -0.2) is 22.8 Å².